The summed E-state index contributed by atoms with van der Waals surface area (Å²) < 4.78 is 80.9. The van der Waals surface area contributed by atoms with Crippen LogP contribution in [0.25, 0.3) is 0 Å². The van der Waals surface area contributed by atoms with E-state index < -0.39 is 41.8 Å². The Morgan fingerprint density at radius 3 is 1.25 bits per heavy atom. The maximum atomic E-state index is 13.6. The van der Waals surface area contributed by atoms with Crippen LogP contribution in [0.1, 0.15) is 123 Å². The Labute approximate surface area is 630 Å². The molecular weight excluding hydrogens is 1440 g/mol. The molecule has 3 saturated heterocycles. The van der Waals surface area contributed by atoms with Crippen LogP contribution in [0.5, 0.6) is 0 Å². The Balaban J connectivity index is 0.000000164. The number of aryl methyl sites for hydroxylation is 3. The fraction of sp³-hybridized carbons (Fsp3) is 0.500. The van der Waals surface area contributed by atoms with Crippen LogP contribution in [0.15, 0.2) is 62.1 Å². The van der Waals surface area contributed by atoms with Gasteiger partial charge in [-0.05, 0) is 111 Å². The number of nitrogens with one attached hydrogen (secondary N) is 7. The van der Waals surface area contributed by atoms with E-state index in [0.717, 1.165) is 36.8 Å². The van der Waals surface area contributed by atoms with Crippen molar-refractivity contribution in [2.45, 2.75) is 135 Å². The molecule has 2 aliphatic carbocycles. The molecule has 14 rings (SSSR count). The van der Waals surface area contributed by atoms with Gasteiger partial charge in [-0.3, -0.25) is 66.8 Å². The van der Waals surface area contributed by atoms with E-state index in [0.29, 0.717) is 139 Å². The second-order valence-electron chi connectivity index (χ2n) is 26.2. The number of carbonyl (C=O) groups is 5. The van der Waals surface area contributed by atoms with E-state index >= 15 is 0 Å². The number of piperidine rings is 3. The molecule has 0 unspecified atom stereocenters. The van der Waals surface area contributed by atoms with E-state index in [4.69, 9.17) is 11.5 Å². The van der Waals surface area contributed by atoms with Gasteiger partial charge in [0.2, 0.25) is 11.8 Å². The third-order valence-corrected chi connectivity index (χ3v) is 19.7. The minimum absolute atomic E-state index is 0. The van der Waals surface area contributed by atoms with Gasteiger partial charge in [0.1, 0.15) is 99.3 Å². The SMILES string of the molecule is Cc1c(N)ncnc1NC(=O)C1CC1.Cc1cc(Br)c(=O)n2c1C(=O)NC21CCN(CC(F)F)CC1.Cc1cc(Nc2cc(N)ncn2)c(=O)n2c1C(=O)NC21CCN(CC(F)F)CC1.Cc1cc(Nc2ncnc(NC(=O)C3CC3)c2C)c(=O)n2c1C(=O)NC21CCN(CC(F)F)CC1.[K+].[OH-]. The molecule has 6 aromatic rings. The van der Waals surface area contributed by atoms with Crippen molar-refractivity contribution < 1.29 is 107 Å². The first-order valence-corrected chi connectivity index (χ1v) is 33.4. The third kappa shape index (κ3) is 16.9. The van der Waals surface area contributed by atoms with Crippen molar-refractivity contribution in [2.24, 2.45) is 11.8 Å². The first-order chi connectivity index (χ1) is 47.5. The molecule has 102 heavy (non-hydrogen) atoms. The van der Waals surface area contributed by atoms with Crippen LogP contribution in [-0.4, -0.2) is 171 Å². The Kier molecular flexibility index (Phi) is 24.6. The largest absolute Gasteiger partial charge is 1.00 e. The second kappa shape index (κ2) is 32.0. The van der Waals surface area contributed by atoms with Crippen molar-refractivity contribution in [3.63, 3.8) is 0 Å². The molecule has 8 aliphatic rings. The normalized spacial score (nSPS) is 18.2. The number of pyridine rings is 3. The molecule has 12 heterocycles. The predicted molar refractivity (Wildman–Crippen MR) is 361 cm³/mol. The van der Waals surface area contributed by atoms with Gasteiger partial charge in [0, 0.05) is 107 Å². The van der Waals surface area contributed by atoms with Crippen LogP contribution >= 0.6 is 15.9 Å². The van der Waals surface area contributed by atoms with Crippen LogP contribution in [-0.2, 0) is 26.6 Å². The number of anilines is 8. The number of halogens is 7. The van der Waals surface area contributed by atoms with Gasteiger partial charge in [0.05, 0.1) is 24.1 Å². The maximum Gasteiger partial charge on any atom is 1.00 e. The Bertz CT molecular complexity index is 4390. The number of rotatable bonds is 14. The number of likely N-dealkylation sites (tertiary alicyclic amines) is 3. The minimum atomic E-state index is -2.44. The number of aromatic nitrogens is 9. The zero-order valence-corrected chi connectivity index (χ0v) is 61.5. The summed E-state index contributed by atoms with van der Waals surface area (Å²) >= 11 is 3.23. The second-order valence-corrected chi connectivity index (χ2v) is 27.0. The first kappa shape index (κ1) is 78.3. The Morgan fingerprint density at radius 1 is 0.510 bits per heavy atom. The van der Waals surface area contributed by atoms with Crippen molar-refractivity contribution in [2.75, 3.05) is 91.6 Å². The van der Waals surface area contributed by atoms with Crippen LogP contribution < -0.4 is 117 Å². The number of carbonyl (C=O) groups excluding carboxylic acids is 5. The van der Waals surface area contributed by atoms with Crippen LogP contribution in [0, 0.1) is 46.5 Å². The van der Waals surface area contributed by atoms with Gasteiger partial charge in [-0.25, -0.2) is 56.2 Å². The smallest absolute Gasteiger partial charge is 0.870 e. The molecule has 2 saturated carbocycles. The monoisotopic (exact) mass is 1520 g/mol. The number of hydrogen-bond donors (Lipinski definition) is 9. The number of alkyl halides is 6. The number of nitrogen functional groups attached to an aromatic ring is 2. The molecule has 5 amide bonds. The fourth-order valence-electron chi connectivity index (χ4n) is 13.5. The summed E-state index contributed by atoms with van der Waals surface area (Å²) in [4.78, 5) is 130. The van der Waals surface area contributed by atoms with Crippen LogP contribution in [0.3, 0.4) is 0 Å². The van der Waals surface area contributed by atoms with E-state index in [1.165, 1.54) is 38.7 Å². The van der Waals surface area contributed by atoms with Gasteiger partial charge in [-0.1, -0.05) is 0 Å². The summed E-state index contributed by atoms with van der Waals surface area (Å²) in [6.45, 7) is 10.1. The summed E-state index contributed by atoms with van der Waals surface area (Å²) in [6, 6.07) is 6.33. The summed E-state index contributed by atoms with van der Waals surface area (Å²) in [5.74, 6) is 1.44. The van der Waals surface area contributed by atoms with Gasteiger partial charge >= 0.3 is 51.4 Å². The van der Waals surface area contributed by atoms with Crippen molar-refractivity contribution in [3.05, 3.63) is 124 Å². The molecule has 0 atom stereocenters. The van der Waals surface area contributed by atoms with Gasteiger partial charge in [-0.15, -0.1) is 0 Å². The fourth-order valence-corrected chi connectivity index (χ4v) is 14.0. The molecule has 30 nitrogen and oxygen atoms in total. The number of nitrogens with two attached hydrogens (primary N) is 2. The molecule has 6 aromatic heterocycles. The summed E-state index contributed by atoms with van der Waals surface area (Å²) in [5, 5.41) is 20.3. The first-order valence-electron chi connectivity index (χ1n) is 32.6. The predicted octanol–water partition coefficient (Wildman–Crippen LogP) is 2.35. The standard InChI is InChI=1S/C23H27F2N7O3.C18H21F2N7O2.C14H16BrF2N3O2.C9H12N4O.K.H2O/c1-12-9-15(28-18-13(2)19(27-11-26-18)29-20(33)14-3-4-14)22(35)32-17(12)21(34)30-23(32)5-7-31(8-6-23)10-16(24)25;1-10-6-11(24-14-7-13(21)22-9-23-14)17(29)27-15(10)16(28)25-18(27)2-4-26(5-3-18)8-12(19)20;1-8-6-9(15)13(22)20-11(8)12(21)18-14(20)2-4-19(5-3-14)7-10(16)17;1-5-7(10)11-4-12-8(5)13-9(14)6-2-3-6;;/h9,11,14,16H,3-8,10H2,1-2H3,(H,30,34)(H2,26,27,28,29,33);6-7,9,12H,2-5,8H2,1H3,(H,25,28)(H3,21,22,23,24);6,10H,2-5,7H2,1H3,(H,18,21);4,6H,2-3H2,1H3,(H3,10,11,12,13,14);;1H2/q;;;;+1;/p-1. The molecule has 0 radical (unpaired) electrons. The van der Waals surface area contributed by atoms with Gasteiger partial charge in [0.15, 0.2) is 0 Å². The van der Waals surface area contributed by atoms with Crippen molar-refractivity contribution in [1.29, 1.82) is 0 Å². The molecule has 0 aromatic carbocycles. The summed E-state index contributed by atoms with van der Waals surface area (Å²) in [7, 11) is 0. The van der Waals surface area contributed by atoms with E-state index in [1.54, 1.807) is 67.5 Å². The summed E-state index contributed by atoms with van der Waals surface area (Å²) in [5.41, 5.74) is 12.2. The molecule has 3 spiro atoms. The quantitative estimate of drug-likeness (QED) is 0.0558. The molecule has 12 N–H and O–H groups in total. The van der Waals surface area contributed by atoms with Crippen molar-refractivity contribution >= 4 is 91.7 Å². The molecule has 6 aliphatic heterocycles. The van der Waals surface area contributed by atoms with E-state index in [-0.39, 0.29) is 152 Å². The molecular formula is C64H77BrF6KN21O9. The minimum Gasteiger partial charge on any atom is -0.870 e. The zero-order chi connectivity index (χ0) is 71.9. The molecule has 5 fully saturated rings. The third-order valence-electron chi connectivity index (χ3n) is 19.1. The van der Waals surface area contributed by atoms with Gasteiger partial charge in [-0.2, -0.15) is 0 Å². The number of amides is 5. The Morgan fingerprint density at radius 2 is 0.863 bits per heavy atom. The summed E-state index contributed by atoms with van der Waals surface area (Å²) in [6.07, 6.45) is 2.66. The average molecular weight is 1520 g/mol. The molecule has 542 valence electrons. The number of fused-ring (bicyclic) bond motifs is 6. The van der Waals surface area contributed by atoms with Gasteiger partial charge < -0.3 is 54.2 Å². The Hall–Kier alpha value is -7.82. The van der Waals surface area contributed by atoms with E-state index in [2.05, 4.69) is 83.1 Å². The van der Waals surface area contributed by atoms with Crippen molar-refractivity contribution in [1.82, 2.24) is 74.3 Å². The maximum absolute atomic E-state index is 13.6. The van der Waals surface area contributed by atoms with Crippen LogP contribution in [0.2, 0.25) is 0 Å². The average Bonchev–Trinajstić information content (AvgIpc) is 1.58. The van der Waals surface area contributed by atoms with E-state index in [9.17, 15) is 64.7 Å². The number of hydrogen-bond acceptors (Lipinski definition) is 22. The zero-order valence-electron chi connectivity index (χ0n) is 56.7. The van der Waals surface area contributed by atoms with Crippen LogP contribution in [0.4, 0.5) is 72.6 Å². The molecule has 38 heteroatoms. The van der Waals surface area contributed by atoms with Crippen molar-refractivity contribution in [3.8, 4) is 0 Å². The van der Waals surface area contributed by atoms with Gasteiger partial charge in [0.25, 0.3) is 53.7 Å². The van der Waals surface area contributed by atoms with E-state index in [1.807, 2.05) is 0 Å². The topological polar surface area (TPSA) is 405 Å². The number of nitrogens with zero attached hydrogens (tertiary/aromatic N) is 12. The molecule has 0 bridgehead atoms.